The van der Waals surface area contributed by atoms with Crippen molar-refractivity contribution in [3.05, 3.63) is 0 Å². The van der Waals surface area contributed by atoms with Crippen LogP contribution in [-0.4, -0.2) is 41.2 Å². The van der Waals surface area contributed by atoms with E-state index in [0.717, 1.165) is 32.5 Å². The third-order valence-electron chi connectivity index (χ3n) is 2.62. The second-order valence-corrected chi connectivity index (χ2v) is 4.19. The monoisotopic (exact) mass is 267 g/mol. The molecule has 0 aromatic carbocycles. The molecule has 1 aromatic heterocycles. The first-order valence-corrected chi connectivity index (χ1v) is 7.12. The molecule has 0 aliphatic heterocycles. The van der Waals surface area contributed by atoms with Crippen LogP contribution in [0.3, 0.4) is 0 Å². The zero-order valence-electron chi connectivity index (χ0n) is 12.4. The van der Waals surface area contributed by atoms with Crippen LogP contribution in [0.15, 0.2) is 0 Å². The van der Waals surface area contributed by atoms with E-state index >= 15 is 0 Å². The number of rotatable bonds is 9. The molecule has 0 radical (unpaired) electrons. The van der Waals surface area contributed by atoms with Gasteiger partial charge >= 0.3 is 6.01 Å². The Balaban J connectivity index is 2.93. The summed E-state index contributed by atoms with van der Waals surface area (Å²) in [6.07, 6.45) is 1.96. The minimum absolute atomic E-state index is 0.400. The minimum atomic E-state index is 0.400. The average Bonchev–Trinajstić information content (AvgIpc) is 2.44. The summed E-state index contributed by atoms with van der Waals surface area (Å²) in [7, 11) is 0. The third-order valence-corrected chi connectivity index (χ3v) is 2.62. The molecule has 0 aliphatic rings. The Bertz CT molecular complexity index is 342. The van der Waals surface area contributed by atoms with Gasteiger partial charge in [-0.05, 0) is 26.7 Å². The van der Waals surface area contributed by atoms with Crippen molar-refractivity contribution in [2.24, 2.45) is 0 Å². The van der Waals surface area contributed by atoms with Gasteiger partial charge in [0.05, 0.1) is 6.61 Å². The van der Waals surface area contributed by atoms with Crippen molar-refractivity contribution in [2.75, 3.05) is 36.5 Å². The van der Waals surface area contributed by atoms with Crippen molar-refractivity contribution < 1.29 is 4.74 Å². The van der Waals surface area contributed by atoms with Gasteiger partial charge in [0.25, 0.3) is 0 Å². The second-order valence-electron chi connectivity index (χ2n) is 4.19. The molecule has 6 heteroatoms. The lowest BCUT2D eigenvalue weighted by atomic mass is 10.5. The van der Waals surface area contributed by atoms with Gasteiger partial charge in [-0.15, -0.1) is 0 Å². The topological polar surface area (TPSA) is 63.2 Å². The number of hydrogen-bond acceptors (Lipinski definition) is 6. The van der Waals surface area contributed by atoms with E-state index in [2.05, 4.69) is 52.9 Å². The minimum Gasteiger partial charge on any atom is -0.463 e. The van der Waals surface area contributed by atoms with Crippen LogP contribution in [-0.2, 0) is 0 Å². The summed E-state index contributed by atoms with van der Waals surface area (Å²) in [5.74, 6) is 1.26. The van der Waals surface area contributed by atoms with E-state index < -0.39 is 0 Å². The highest BCUT2D eigenvalue weighted by Crippen LogP contribution is 2.15. The smallest absolute Gasteiger partial charge is 0.323 e. The van der Waals surface area contributed by atoms with Gasteiger partial charge in [0.2, 0.25) is 11.9 Å². The maximum absolute atomic E-state index is 5.53. The van der Waals surface area contributed by atoms with Gasteiger partial charge in [-0.1, -0.05) is 13.8 Å². The van der Waals surface area contributed by atoms with Crippen molar-refractivity contribution in [3.8, 4) is 6.01 Å². The Kier molecular flexibility index (Phi) is 6.92. The molecule has 0 aliphatic carbocycles. The molecule has 6 nitrogen and oxygen atoms in total. The maximum atomic E-state index is 5.53. The molecule has 0 spiro atoms. The molecule has 0 unspecified atom stereocenters. The van der Waals surface area contributed by atoms with Crippen LogP contribution in [0, 0.1) is 0 Å². The summed E-state index contributed by atoms with van der Waals surface area (Å²) in [4.78, 5) is 15.2. The lowest BCUT2D eigenvalue weighted by molar-refractivity contribution is 0.292. The highest BCUT2D eigenvalue weighted by molar-refractivity contribution is 5.38. The van der Waals surface area contributed by atoms with E-state index in [1.54, 1.807) is 0 Å². The molecule has 1 rings (SSSR count). The predicted octanol–water partition coefficient (Wildman–Crippen LogP) is 2.33. The summed E-state index contributed by atoms with van der Waals surface area (Å²) in [5, 5.41) is 3.19. The summed E-state index contributed by atoms with van der Waals surface area (Å²) >= 11 is 0. The van der Waals surface area contributed by atoms with E-state index in [1.807, 2.05) is 0 Å². The van der Waals surface area contributed by atoms with Gasteiger partial charge in [-0.3, -0.25) is 0 Å². The fourth-order valence-electron chi connectivity index (χ4n) is 1.57. The summed E-state index contributed by atoms with van der Waals surface area (Å²) in [6.45, 7) is 11.5. The molecule has 0 saturated heterocycles. The SMILES string of the molecule is CCCNc1nc(OCCC)nc(N(CC)CC)n1. The number of aromatic nitrogens is 3. The van der Waals surface area contributed by atoms with E-state index in [4.69, 9.17) is 4.74 Å². The Morgan fingerprint density at radius 2 is 1.74 bits per heavy atom. The molecule has 1 aromatic rings. The standard InChI is InChI=1S/C13H25N5O/c1-5-9-14-11-15-12(18(7-3)8-4)17-13(16-11)19-10-6-2/h5-10H2,1-4H3,(H,14,15,16,17). The van der Waals surface area contributed by atoms with E-state index in [9.17, 15) is 0 Å². The van der Waals surface area contributed by atoms with Gasteiger partial charge in [0, 0.05) is 19.6 Å². The van der Waals surface area contributed by atoms with Gasteiger partial charge in [0.15, 0.2) is 0 Å². The number of anilines is 2. The summed E-state index contributed by atoms with van der Waals surface area (Å²) in [5.41, 5.74) is 0. The van der Waals surface area contributed by atoms with Crippen molar-refractivity contribution in [2.45, 2.75) is 40.5 Å². The lowest BCUT2D eigenvalue weighted by Crippen LogP contribution is -2.25. The molecule has 108 valence electrons. The molecular weight excluding hydrogens is 242 g/mol. The van der Waals surface area contributed by atoms with E-state index in [1.165, 1.54) is 0 Å². The van der Waals surface area contributed by atoms with Crippen LogP contribution in [0.25, 0.3) is 0 Å². The number of hydrogen-bond donors (Lipinski definition) is 1. The van der Waals surface area contributed by atoms with Gasteiger partial charge < -0.3 is 15.0 Å². The molecule has 0 saturated carbocycles. The molecule has 0 amide bonds. The molecular formula is C13H25N5O. The van der Waals surface area contributed by atoms with Gasteiger partial charge in [-0.2, -0.15) is 15.0 Å². The summed E-state index contributed by atoms with van der Waals surface area (Å²) < 4.78 is 5.53. The normalized spacial score (nSPS) is 10.3. The zero-order valence-corrected chi connectivity index (χ0v) is 12.4. The van der Waals surface area contributed by atoms with Crippen LogP contribution >= 0.6 is 0 Å². The second kappa shape index (κ2) is 8.50. The Hall–Kier alpha value is -1.59. The highest BCUT2D eigenvalue weighted by Gasteiger charge is 2.11. The molecule has 0 fully saturated rings. The first-order valence-electron chi connectivity index (χ1n) is 7.12. The van der Waals surface area contributed by atoms with Crippen LogP contribution < -0.4 is 15.0 Å². The first-order chi connectivity index (χ1) is 9.24. The molecule has 0 bridgehead atoms. The maximum Gasteiger partial charge on any atom is 0.323 e. The average molecular weight is 267 g/mol. The molecule has 1 N–H and O–H groups in total. The van der Waals surface area contributed by atoms with E-state index in [-0.39, 0.29) is 0 Å². The van der Waals surface area contributed by atoms with Crippen molar-refractivity contribution >= 4 is 11.9 Å². The predicted molar refractivity (Wildman–Crippen MR) is 78.0 cm³/mol. The van der Waals surface area contributed by atoms with Crippen molar-refractivity contribution in [1.29, 1.82) is 0 Å². The molecule has 0 atom stereocenters. The highest BCUT2D eigenvalue weighted by atomic mass is 16.5. The molecule has 1 heterocycles. The van der Waals surface area contributed by atoms with Crippen LogP contribution in [0.1, 0.15) is 40.5 Å². The molecule has 19 heavy (non-hydrogen) atoms. The third kappa shape index (κ3) is 4.89. The number of nitrogens with one attached hydrogen (secondary N) is 1. The van der Waals surface area contributed by atoms with E-state index in [0.29, 0.717) is 24.5 Å². The fraction of sp³-hybridized carbons (Fsp3) is 0.769. The van der Waals surface area contributed by atoms with Crippen molar-refractivity contribution in [3.63, 3.8) is 0 Å². The zero-order chi connectivity index (χ0) is 14.1. The Morgan fingerprint density at radius 1 is 1.00 bits per heavy atom. The van der Waals surface area contributed by atoms with Crippen LogP contribution in [0.2, 0.25) is 0 Å². The lowest BCUT2D eigenvalue weighted by Gasteiger charge is -2.19. The number of nitrogens with zero attached hydrogens (tertiary/aromatic N) is 4. The summed E-state index contributed by atoms with van der Waals surface area (Å²) in [6, 6.07) is 0.400. The quantitative estimate of drug-likeness (QED) is 0.741. The van der Waals surface area contributed by atoms with Crippen molar-refractivity contribution in [1.82, 2.24) is 15.0 Å². The van der Waals surface area contributed by atoms with Gasteiger partial charge in [-0.25, -0.2) is 0 Å². The first kappa shape index (κ1) is 15.5. The van der Waals surface area contributed by atoms with Crippen LogP contribution in [0.5, 0.6) is 6.01 Å². The van der Waals surface area contributed by atoms with Crippen LogP contribution in [0.4, 0.5) is 11.9 Å². The Labute approximate surface area is 115 Å². The fourth-order valence-corrected chi connectivity index (χ4v) is 1.57. The number of ether oxygens (including phenoxy) is 1. The largest absolute Gasteiger partial charge is 0.463 e. The van der Waals surface area contributed by atoms with Gasteiger partial charge in [0.1, 0.15) is 0 Å². The Morgan fingerprint density at radius 3 is 2.32 bits per heavy atom.